The predicted molar refractivity (Wildman–Crippen MR) is 154 cm³/mol. The molecule has 1 amide bonds. The molecule has 0 unspecified atom stereocenters. The fourth-order valence-electron chi connectivity index (χ4n) is 3.24. The van der Waals surface area contributed by atoms with Gasteiger partial charge in [-0.2, -0.15) is 0 Å². The first-order valence-corrected chi connectivity index (χ1v) is 12.5. The molecule has 37 heavy (non-hydrogen) atoms. The summed E-state index contributed by atoms with van der Waals surface area (Å²) in [6.07, 6.45) is 13.3. The van der Waals surface area contributed by atoms with E-state index in [4.69, 9.17) is 22.8 Å². The van der Waals surface area contributed by atoms with Gasteiger partial charge < -0.3 is 19.7 Å². The summed E-state index contributed by atoms with van der Waals surface area (Å²) >= 11 is 6.16. The zero-order chi connectivity index (χ0) is 27.5. The molecule has 2 aromatic carbocycles. The molecule has 0 aliphatic rings. The number of halogens is 1. The van der Waals surface area contributed by atoms with Crippen LogP contribution in [0.4, 0.5) is 0 Å². The van der Waals surface area contributed by atoms with Gasteiger partial charge in [-0.25, -0.2) is 0 Å². The standard InChI is InChI=1S/C23H27ClN2O2.C8H10O/c1-4-13-25-23(27)19-8-6-18(7-9-19)12-14-26(3)17-20-16-21(24)10-11-22(20)28-15-5-2;1-3-5-8(4-2)6-7-9/h1,6-11,16H,5,12-15,17H2,2-3H3,(H,25,27);3-5,7H,1-2,6H2/b;8-5+. The van der Waals surface area contributed by atoms with Crippen LogP contribution in [0.1, 0.15) is 41.3 Å². The van der Waals surface area contributed by atoms with E-state index >= 15 is 0 Å². The van der Waals surface area contributed by atoms with Crippen molar-refractivity contribution in [2.75, 3.05) is 26.7 Å². The lowest BCUT2D eigenvalue weighted by Gasteiger charge is -2.19. The highest BCUT2D eigenvalue weighted by Gasteiger charge is 2.09. The number of hydrogen-bond acceptors (Lipinski definition) is 4. The lowest BCUT2D eigenvalue weighted by molar-refractivity contribution is -0.107. The molecule has 1 N–H and O–H groups in total. The first-order valence-electron chi connectivity index (χ1n) is 12.2. The summed E-state index contributed by atoms with van der Waals surface area (Å²) in [6.45, 7) is 11.7. The second-order valence-corrected chi connectivity index (χ2v) is 8.66. The summed E-state index contributed by atoms with van der Waals surface area (Å²) in [6, 6.07) is 13.4. The summed E-state index contributed by atoms with van der Waals surface area (Å²) in [5.74, 6) is 3.13. The number of nitrogens with one attached hydrogen (secondary N) is 1. The fourth-order valence-corrected chi connectivity index (χ4v) is 3.43. The van der Waals surface area contributed by atoms with E-state index in [1.54, 1.807) is 18.2 Å². The van der Waals surface area contributed by atoms with Gasteiger partial charge in [0.05, 0.1) is 13.2 Å². The molecule has 5 nitrogen and oxygen atoms in total. The van der Waals surface area contributed by atoms with Gasteiger partial charge in [-0.15, -0.1) is 6.42 Å². The van der Waals surface area contributed by atoms with Crippen LogP contribution in [0.15, 0.2) is 79.4 Å². The minimum absolute atomic E-state index is 0.151. The number of amides is 1. The zero-order valence-corrected chi connectivity index (χ0v) is 22.6. The third kappa shape index (κ3) is 12.8. The Kier molecular flexibility index (Phi) is 15.8. The number of ether oxygens (including phenoxy) is 1. The summed E-state index contributed by atoms with van der Waals surface area (Å²) in [5, 5.41) is 3.38. The van der Waals surface area contributed by atoms with Crippen LogP contribution in [-0.4, -0.2) is 43.8 Å². The van der Waals surface area contributed by atoms with Gasteiger partial charge in [0.1, 0.15) is 12.0 Å². The van der Waals surface area contributed by atoms with Crippen LogP contribution in [0.3, 0.4) is 0 Å². The van der Waals surface area contributed by atoms with E-state index in [1.165, 1.54) is 5.56 Å². The van der Waals surface area contributed by atoms with Gasteiger partial charge in [0.15, 0.2) is 0 Å². The lowest BCUT2D eigenvalue weighted by atomic mass is 10.1. The van der Waals surface area contributed by atoms with Crippen molar-refractivity contribution < 1.29 is 14.3 Å². The number of carbonyl (C=O) groups excluding carboxylic acids is 2. The summed E-state index contributed by atoms with van der Waals surface area (Å²) in [5.41, 5.74) is 3.78. The van der Waals surface area contributed by atoms with Crippen LogP contribution in [0.5, 0.6) is 5.75 Å². The van der Waals surface area contributed by atoms with E-state index < -0.39 is 0 Å². The number of hydrogen-bond donors (Lipinski definition) is 1. The Bertz CT molecular complexity index is 1080. The fraction of sp³-hybridized carbons (Fsp3) is 0.290. The average molecular weight is 521 g/mol. The van der Waals surface area contributed by atoms with Crippen molar-refractivity contribution in [3.63, 3.8) is 0 Å². The number of likely N-dealkylation sites (N-methyl/N-ethyl adjacent to an activating group) is 1. The third-order valence-electron chi connectivity index (χ3n) is 5.19. The van der Waals surface area contributed by atoms with E-state index in [0.717, 1.165) is 49.1 Å². The Morgan fingerprint density at radius 1 is 1.22 bits per heavy atom. The second kappa shape index (κ2) is 18.6. The highest BCUT2D eigenvalue weighted by Crippen LogP contribution is 2.24. The van der Waals surface area contributed by atoms with Crippen LogP contribution in [0.2, 0.25) is 5.02 Å². The maximum Gasteiger partial charge on any atom is 0.252 e. The van der Waals surface area contributed by atoms with E-state index in [0.29, 0.717) is 23.6 Å². The lowest BCUT2D eigenvalue weighted by Crippen LogP contribution is -2.23. The summed E-state index contributed by atoms with van der Waals surface area (Å²) in [4.78, 5) is 24.0. The van der Waals surface area contributed by atoms with Crippen molar-refractivity contribution in [3.8, 4) is 18.1 Å². The number of aldehydes is 1. The molecule has 2 aromatic rings. The number of terminal acetylenes is 1. The van der Waals surface area contributed by atoms with Gasteiger partial charge in [-0.3, -0.25) is 4.79 Å². The molecule has 0 spiro atoms. The molecule has 6 heteroatoms. The van der Waals surface area contributed by atoms with Crippen molar-refractivity contribution in [1.29, 1.82) is 0 Å². The normalized spacial score (nSPS) is 10.5. The summed E-state index contributed by atoms with van der Waals surface area (Å²) < 4.78 is 5.83. The van der Waals surface area contributed by atoms with Crippen molar-refractivity contribution in [1.82, 2.24) is 10.2 Å². The first kappa shape index (κ1) is 31.4. The van der Waals surface area contributed by atoms with Crippen molar-refractivity contribution in [3.05, 3.63) is 101 Å². The third-order valence-corrected chi connectivity index (χ3v) is 5.42. The van der Waals surface area contributed by atoms with Gasteiger partial charge in [-0.05, 0) is 61.4 Å². The Morgan fingerprint density at radius 3 is 2.54 bits per heavy atom. The Labute approximate surface area is 226 Å². The Hall–Kier alpha value is -3.59. The van der Waals surface area contributed by atoms with E-state index in [-0.39, 0.29) is 12.5 Å². The summed E-state index contributed by atoms with van der Waals surface area (Å²) in [7, 11) is 2.08. The molecule has 0 atom stereocenters. The number of carbonyl (C=O) groups is 2. The SMILES string of the molecule is C#CCNC(=O)c1ccc(CCN(C)Cc2cc(Cl)ccc2OCCC)cc1.C=C/C=C(\C=C)CC=O. The second-order valence-electron chi connectivity index (χ2n) is 8.22. The number of nitrogens with zero attached hydrogens (tertiary/aromatic N) is 1. The Balaban J connectivity index is 0.000000649. The van der Waals surface area contributed by atoms with Crippen LogP contribution in [0, 0.1) is 12.3 Å². The van der Waals surface area contributed by atoms with Crippen LogP contribution >= 0.6 is 11.6 Å². The zero-order valence-electron chi connectivity index (χ0n) is 21.8. The molecule has 0 saturated heterocycles. The number of benzene rings is 2. The van der Waals surface area contributed by atoms with Gasteiger partial charge in [-0.1, -0.05) is 68.0 Å². The van der Waals surface area contributed by atoms with E-state index in [2.05, 4.69) is 43.3 Å². The minimum atomic E-state index is -0.151. The molecule has 0 saturated carbocycles. The van der Waals surface area contributed by atoms with Gasteiger partial charge in [0.25, 0.3) is 5.91 Å². The van der Waals surface area contributed by atoms with Crippen LogP contribution in [0.25, 0.3) is 0 Å². The molecule has 0 heterocycles. The Morgan fingerprint density at radius 2 is 1.95 bits per heavy atom. The maximum atomic E-state index is 11.9. The number of allylic oxidation sites excluding steroid dienone is 4. The number of rotatable bonds is 14. The monoisotopic (exact) mass is 520 g/mol. The van der Waals surface area contributed by atoms with Crippen LogP contribution < -0.4 is 10.1 Å². The molecular weight excluding hydrogens is 484 g/mol. The quantitative estimate of drug-likeness (QED) is 0.187. The highest BCUT2D eigenvalue weighted by molar-refractivity contribution is 6.30. The minimum Gasteiger partial charge on any atom is -0.493 e. The van der Waals surface area contributed by atoms with Crippen molar-refractivity contribution >= 4 is 23.8 Å². The molecule has 0 aromatic heterocycles. The topological polar surface area (TPSA) is 58.6 Å². The van der Waals surface area contributed by atoms with E-state index in [1.807, 2.05) is 42.5 Å². The van der Waals surface area contributed by atoms with Gasteiger partial charge in [0, 0.05) is 35.7 Å². The molecule has 0 fully saturated rings. The van der Waals surface area contributed by atoms with Crippen LogP contribution in [-0.2, 0) is 17.8 Å². The average Bonchev–Trinajstić information content (AvgIpc) is 2.90. The van der Waals surface area contributed by atoms with Crippen molar-refractivity contribution in [2.45, 2.75) is 32.7 Å². The molecule has 0 aliphatic heterocycles. The molecule has 0 aliphatic carbocycles. The van der Waals surface area contributed by atoms with Gasteiger partial charge >= 0.3 is 0 Å². The highest BCUT2D eigenvalue weighted by atomic mass is 35.5. The predicted octanol–water partition coefficient (Wildman–Crippen LogP) is 6.04. The first-order chi connectivity index (χ1) is 17.9. The molecule has 0 radical (unpaired) electrons. The molecule has 196 valence electrons. The molecule has 0 bridgehead atoms. The molecular formula is C31H37ClN2O3. The maximum absolute atomic E-state index is 11.9. The van der Waals surface area contributed by atoms with Gasteiger partial charge in [0.2, 0.25) is 0 Å². The largest absolute Gasteiger partial charge is 0.493 e. The van der Waals surface area contributed by atoms with E-state index in [9.17, 15) is 9.59 Å². The molecule has 2 rings (SSSR count). The van der Waals surface area contributed by atoms with Crippen molar-refractivity contribution in [2.24, 2.45) is 0 Å². The smallest absolute Gasteiger partial charge is 0.252 e.